The summed E-state index contributed by atoms with van der Waals surface area (Å²) < 4.78 is 10.9. The number of hydrogen-bond donors (Lipinski definition) is 0. The van der Waals surface area contributed by atoms with E-state index in [9.17, 15) is 9.59 Å². The van der Waals surface area contributed by atoms with Gasteiger partial charge in [0.25, 0.3) is 0 Å². The molecule has 4 rings (SSSR count). The van der Waals surface area contributed by atoms with Crippen LogP contribution in [0.2, 0.25) is 0 Å². The van der Waals surface area contributed by atoms with Gasteiger partial charge in [0.15, 0.2) is 11.1 Å². The second-order valence-corrected chi connectivity index (χ2v) is 7.82. The van der Waals surface area contributed by atoms with E-state index < -0.39 is 11.1 Å². The molecular weight excluding hydrogens is 356 g/mol. The van der Waals surface area contributed by atoms with Crippen molar-refractivity contribution in [2.24, 2.45) is 9.98 Å². The van der Waals surface area contributed by atoms with E-state index in [1.807, 2.05) is 48.5 Å². The van der Waals surface area contributed by atoms with Gasteiger partial charge in [0.05, 0.1) is 0 Å². The van der Waals surface area contributed by atoms with Crippen molar-refractivity contribution in [3.05, 3.63) is 59.7 Å². The Morgan fingerprint density at radius 3 is 1.21 bits per heavy atom. The van der Waals surface area contributed by atoms with Gasteiger partial charge in [-0.2, -0.15) is 0 Å². The second kappa shape index (κ2) is 6.12. The first-order valence-electron chi connectivity index (χ1n) is 9.02. The van der Waals surface area contributed by atoms with Crippen LogP contribution in [-0.4, -0.2) is 34.8 Å². The molecule has 6 heteroatoms. The van der Waals surface area contributed by atoms with Gasteiger partial charge in [0.1, 0.15) is 0 Å². The number of benzene rings is 2. The molecule has 2 aliphatic rings. The maximum absolute atomic E-state index is 12.1. The number of aliphatic imine (C=N–C) groups is 2. The second-order valence-electron chi connectivity index (χ2n) is 7.82. The molecule has 0 unspecified atom stereocenters. The summed E-state index contributed by atoms with van der Waals surface area (Å²) in [5, 5.41) is 0. The first-order valence-corrected chi connectivity index (χ1v) is 9.02. The molecule has 142 valence electrons. The summed E-state index contributed by atoms with van der Waals surface area (Å²) in [5.74, 6) is -0.208. The number of carbonyl (C=O) groups excluding carboxylic acids is 2. The van der Waals surface area contributed by atoms with Crippen molar-refractivity contribution in [3.63, 3.8) is 0 Å². The summed E-state index contributed by atoms with van der Waals surface area (Å²) in [6, 6.07) is 15.0. The molecule has 0 amide bonds. The molecule has 28 heavy (non-hydrogen) atoms. The molecule has 0 radical (unpaired) electrons. The van der Waals surface area contributed by atoms with E-state index in [4.69, 9.17) is 9.47 Å². The molecule has 2 aromatic rings. The Hall–Kier alpha value is -3.28. The van der Waals surface area contributed by atoms with E-state index in [-0.39, 0.29) is 23.7 Å². The summed E-state index contributed by atoms with van der Waals surface area (Å²) in [5.41, 5.74) is 1.17. The molecular formula is C22H20N2O4. The maximum atomic E-state index is 12.1. The molecule has 0 aromatic heterocycles. The fourth-order valence-corrected chi connectivity index (χ4v) is 3.11. The van der Waals surface area contributed by atoms with Crippen molar-refractivity contribution in [3.8, 4) is 11.1 Å². The standard InChI is InChI=1S/C22H20N2O4/c1-21(2)19(25)27-17(23-21)15-11-7-5-9-13(15)14-10-6-8-12-16(14)18-24-22(3,4)20(26)28-18/h5-12H,1-4H3. The fourth-order valence-electron chi connectivity index (χ4n) is 3.11. The zero-order valence-electron chi connectivity index (χ0n) is 16.1. The molecule has 0 fully saturated rings. The van der Waals surface area contributed by atoms with Crippen molar-refractivity contribution in [1.82, 2.24) is 0 Å². The molecule has 0 aliphatic carbocycles. The topological polar surface area (TPSA) is 77.3 Å². The highest BCUT2D eigenvalue weighted by molar-refractivity contribution is 6.14. The minimum Gasteiger partial charge on any atom is -0.405 e. The van der Waals surface area contributed by atoms with Crippen LogP contribution in [-0.2, 0) is 19.1 Å². The average Bonchev–Trinajstić information content (AvgIpc) is 3.09. The summed E-state index contributed by atoms with van der Waals surface area (Å²) in [6.07, 6.45) is 0. The number of esters is 2. The van der Waals surface area contributed by atoms with Crippen LogP contribution >= 0.6 is 0 Å². The van der Waals surface area contributed by atoms with Gasteiger partial charge in [0.2, 0.25) is 11.8 Å². The summed E-state index contributed by atoms with van der Waals surface area (Å²) in [4.78, 5) is 33.1. The first kappa shape index (κ1) is 18.1. The van der Waals surface area contributed by atoms with Crippen LogP contribution in [0.4, 0.5) is 0 Å². The van der Waals surface area contributed by atoms with Crippen LogP contribution in [0, 0.1) is 0 Å². The zero-order valence-corrected chi connectivity index (χ0v) is 16.1. The molecule has 2 heterocycles. The van der Waals surface area contributed by atoms with Gasteiger partial charge < -0.3 is 9.47 Å². The van der Waals surface area contributed by atoms with E-state index in [0.29, 0.717) is 11.1 Å². The first-order chi connectivity index (χ1) is 13.2. The normalized spacial score (nSPS) is 19.7. The Labute approximate surface area is 162 Å². The summed E-state index contributed by atoms with van der Waals surface area (Å²) >= 11 is 0. The van der Waals surface area contributed by atoms with Gasteiger partial charge >= 0.3 is 11.9 Å². The number of hydrogen-bond acceptors (Lipinski definition) is 6. The molecule has 0 atom stereocenters. The Kier molecular flexibility index (Phi) is 3.96. The van der Waals surface area contributed by atoms with Crippen LogP contribution in [0.15, 0.2) is 58.5 Å². The predicted molar refractivity (Wildman–Crippen MR) is 105 cm³/mol. The minimum absolute atomic E-state index is 0.283. The highest BCUT2D eigenvalue weighted by Gasteiger charge is 2.39. The van der Waals surface area contributed by atoms with E-state index in [1.165, 1.54) is 0 Å². The van der Waals surface area contributed by atoms with Gasteiger partial charge in [-0.1, -0.05) is 36.4 Å². The molecule has 2 aliphatic heterocycles. The summed E-state index contributed by atoms with van der Waals surface area (Å²) in [7, 11) is 0. The van der Waals surface area contributed by atoms with Crippen molar-refractivity contribution in [1.29, 1.82) is 0 Å². The maximum Gasteiger partial charge on any atom is 0.340 e. The molecule has 0 saturated carbocycles. The van der Waals surface area contributed by atoms with Crippen molar-refractivity contribution in [2.45, 2.75) is 38.8 Å². The van der Waals surface area contributed by atoms with Gasteiger partial charge in [0, 0.05) is 11.1 Å². The Bertz CT molecular complexity index is 978. The van der Waals surface area contributed by atoms with Crippen LogP contribution in [0.1, 0.15) is 38.8 Å². The van der Waals surface area contributed by atoms with Crippen LogP contribution in [0.3, 0.4) is 0 Å². The zero-order chi connectivity index (χ0) is 20.1. The van der Waals surface area contributed by atoms with E-state index >= 15 is 0 Å². The summed E-state index contributed by atoms with van der Waals surface area (Å²) in [6.45, 7) is 6.86. The van der Waals surface area contributed by atoms with Crippen molar-refractivity contribution in [2.75, 3.05) is 0 Å². The lowest BCUT2D eigenvalue weighted by Gasteiger charge is -2.12. The Morgan fingerprint density at radius 2 is 0.929 bits per heavy atom. The van der Waals surface area contributed by atoms with Crippen LogP contribution in [0.25, 0.3) is 11.1 Å². The average molecular weight is 376 g/mol. The van der Waals surface area contributed by atoms with Crippen molar-refractivity contribution >= 4 is 23.7 Å². The highest BCUT2D eigenvalue weighted by atomic mass is 16.6. The lowest BCUT2D eigenvalue weighted by atomic mass is 9.95. The van der Waals surface area contributed by atoms with E-state index in [0.717, 1.165) is 11.1 Å². The lowest BCUT2D eigenvalue weighted by Crippen LogP contribution is -2.25. The van der Waals surface area contributed by atoms with E-state index in [1.54, 1.807) is 27.7 Å². The van der Waals surface area contributed by atoms with Gasteiger partial charge in [-0.25, -0.2) is 19.6 Å². The third kappa shape index (κ3) is 2.91. The number of rotatable bonds is 3. The third-order valence-corrected chi connectivity index (χ3v) is 4.75. The lowest BCUT2D eigenvalue weighted by molar-refractivity contribution is -0.138. The quantitative estimate of drug-likeness (QED) is 0.768. The van der Waals surface area contributed by atoms with Gasteiger partial charge in [-0.3, -0.25) is 0 Å². The molecule has 0 saturated heterocycles. The van der Waals surface area contributed by atoms with Crippen LogP contribution < -0.4 is 0 Å². The van der Waals surface area contributed by atoms with Crippen LogP contribution in [0.5, 0.6) is 0 Å². The van der Waals surface area contributed by atoms with Crippen molar-refractivity contribution < 1.29 is 19.1 Å². The number of carbonyl (C=O) groups is 2. The largest absolute Gasteiger partial charge is 0.405 e. The molecule has 0 bridgehead atoms. The third-order valence-electron chi connectivity index (χ3n) is 4.75. The molecule has 6 nitrogen and oxygen atoms in total. The highest BCUT2D eigenvalue weighted by Crippen LogP contribution is 2.33. The smallest absolute Gasteiger partial charge is 0.340 e. The number of cyclic esters (lactones) is 2. The number of ether oxygens (including phenoxy) is 2. The van der Waals surface area contributed by atoms with Gasteiger partial charge in [-0.15, -0.1) is 0 Å². The monoisotopic (exact) mass is 376 g/mol. The minimum atomic E-state index is -0.920. The Balaban J connectivity index is 1.86. The van der Waals surface area contributed by atoms with E-state index in [2.05, 4.69) is 9.98 Å². The Morgan fingerprint density at radius 1 is 0.607 bits per heavy atom. The molecule has 0 N–H and O–H groups in total. The SMILES string of the molecule is CC1(C)N=C(c2ccccc2-c2ccccc2C2=NC(C)(C)C(=O)O2)OC1=O. The number of nitrogens with zero attached hydrogens (tertiary/aromatic N) is 2. The fraction of sp³-hybridized carbons (Fsp3) is 0.273. The molecule has 0 spiro atoms. The predicted octanol–water partition coefficient (Wildman–Crippen LogP) is 3.52. The molecule has 2 aromatic carbocycles. The van der Waals surface area contributed by atoms with Gasteiger partial charge in [-0.05, 0) is 51.0 Å².